The number of alkyl halides is 3. The molecule has 2 heterocycles. The fourth-order valence-electron chi connectivity index (χ4n) is 3.05. The van der Waals surface area contributed by atoms with E-state index >= 15 is 0 Å². The van der Waals surface area contributed by atoms with Crippen LogP contribution in [0.1, 0.15) is 29.7 Å². The molecule has 0 bridgehead atoms. The van der Waals surface area contributed by atoms with Crippen LogP contribution in [0.2, 0.25) is 0 Å². The lowest BCUT2D eigenvalue weighted by Gasteiger charge is -2.34. The number of hydrogen-bond donors (Lipinski definition) is 1. The highest BCUT2D eigenvalue weighted by atomic mass is 19.4. The van der Waals surface area contributed by atoms with Crippen molar-refractivity contribution in [3.63, 3.8) is 0 Å². The number of halogens is 3. The van der Waals surface area contributed by atoms with Crippen LogP contribution in [0.4, 0.5) is 13.2 Å². The molecule has 0 saturated carbocycles. The third kappa shape index (κ3) is 3.29. The second-order valence-electron chi connectivity index (χ2n) is 6.38. The molecule has 1 N–H and O–H groups in total. The molecular formula is C16H19F3N4O. The first-order valence-corrected chi connectivity index (χ1v) is 7.68. The van der Waals surface area contributed by atoms with E-state index in [0.29, 0.717) is 19.6 Å². The molecule has 1 aromatic carbocycles. The van der Waals surface area contributed by atoms with Crippen molar-refractivity contribution in [2.45, 2.75) is 38.7 Å². The largest absolute Gasteiger partial charge is 0.416 e. The predicted octanol–water partition coefficient (Wildman–Crippen LogP) is 2.33. The van der Waals surface area contributed by atoms with Crippen LogP contribution < -0.4 is 0 Å². The van der Waals surface area contributed by atoms with Crippen molar-refractivity contribution in [1.82, 2.24) is 19.7 Å². The normalized spacial score (nSPS) is 18.2. The molecule has 2 aromatic rings. The van der Waals surface area contributed by atoms with Gasteiger partial charge in [-0.2, -0.15) is 13.2 Å². The minimum Gasteiger partial charge on any atom is -0.384 e. The van der Waals surface area contributed by atoms with E-state index in [0.717, 1.165) is 23.8 Å². The Morgan fingerprint density at radius 1 is 1.17 bits per heavy atom. The topological polar surface area (TPSA) is 54.2 Å². The van der Waals surface area contributed by atoms with E-state index in [-0.39, 0.29) is 12.1 Å². The van der Waals surface area contributed by atoms with Crippen molar-refractivity contribution in [3.8, 4) is 0 Å². The summed E-state index contributed by atoms with van der Waals surface area (Å²) in [4.78, 5) is 1.98. The number of nitrogens with zero attached hydrogens (tertiary/aromatic N) is 4. The third-order valence-electron chi connectivity index (χ3n) is 4.36. The van der Waals surface area contributed by atoms with Crippen LogP contribution in [0.15, 0.2) is 24.3 Å². The second kappa shape index (κ2) is 5.86. The highest BCUT2D eigenvalue weighted by molar-refractivity contribution is 5.30. The van der Waals surface area contributed by atoms with E-state index in [1.807, 2.05) is 16.4 Å². The maximum atomic E-state index is 12.9. The molecule has 5 nitrogen and oxygen atoms in total. The highest BCUT2D eigenvalue weighted by Gasteiger charge is 2.34. The molecule has 130 valence electrons. The Morgan fingerprint density at radius 2 is 1.88 bits per heavy atom. The lowest BCUT2D eigenvalue weighted by molar-refractivity contribution is -0.137. The zero-order chi connectivity index (χ0) is 17.5. The van der Waals surface area contributed by atoms with Crippen LogP contribution in [0, 0.1) is 6.92 Å². The van der Waals surface area contributed by atoms with E-state index in [1.165, 1.54) is 19.1 Å². The number of aryl methyl sites for hydroxylation is 1. The number of hydrogen-bond acceptors (Lipinski definition) is 4. The summed E-state index contributed by atoms with van der Waals surface area (Å²) in [6, 6.07) is 4.86. The minimum absolute atomic E-state index is 0.222. The van der Waals surface area contributed by atoms with E-state index < -0.39 is 17.3 Å². The quantitative estimate of drug-likeness (QED) is 0.932. The Hall–Kier alpha value is -1.93. The molecule has 0 saturated heterocycles. The Balaban J connectivity index is 1.77. The van der Waals surface area contributed by atoms with Gasteiger partial charge in [-0.15, -0.1) is 10.2 Å². The van der Waals surface area contributed by atoms with Crippen LogP contribution in [0.5, 0.6) is 0 Å². The van der Waals surface area contributed by atoms with Crippen LogP contribution in [0.25, 0.3) is 0 Å². The molecule has 1 atom stereocenters. The molecule has 1 aliphatic rings. The molecule has 8 heteroatoms. The summed E-state index contributed by atoms with van der Waals surface area (Å²) in [7, 11) is 0. The predicted molar refractivity (Wildman–Crippen MR) is 81.1 cm³/mol. The fourth-order valence-corrected chi connectivity index (χ4v) is 3.05. The molecule has 0 spiro atoms. The number of rotatable bonds is 3. The molecule has 1 aliphatic heterocycles. The number of fused-ring (bicyclic) bond motifs is 1. The van der Waals surface area contributed by atoms with E-state index in [1.54, 1.807) is 0 Å². The van der Waals surface area contributed by atoms with Crippen LogP contribution >= 0.6 is 0 Å². The average molecular weight is 340 g/mol. The fraction of sp³-hybridized carbons (Fsp3) is 0.500. The Labute approximate surface area is 137 Å². The maximum absolute atomic E-state index is 12.9. The molecule has 3 rings (SSSR count). The number of β-amino-alcohol motifs (C(OH)–C–C–N with tert-alkyl or cyclic N) is 1. The Morgan fingerprint density at radius 3 is 2.58 bits per heavy atom. The molecule has 0 unspecified atom stereocenters. The lowest BCUT2D eigenvalue weighted by Crippen LogP contribution is -2.43. The van der Waals surface area contributed by atoms with Crippen LogP contribution in [-0.4, -0.2) is 37.9 Å². The van der Waals surface area contributed by atoms with Gasteiger partial charge in [0.25, 0.3) is 0 Å². The van der Waals surface area contributed by atoms with Crippen LogP contribution in [-0.2, 0) is 24.9 Å². The third-order valence-corrected chi connectivity index (χ3v) is 4.36. The lowest BCUT2D eigenvalue weighted by atomic mass is 9.93. The minimum atomic E-state index is -4.43. The van der Waals surface area contributed by atoms with E-state index in [2.05, 4.69) is 10.2 Å². The smallest absolute Gasteiger partial charge is 0.384 e. The first kappa shape index (κ1) is 16.9. The van der Waals surface area contributed by atoms with Gasteiger partial charge in [-0.3, -0.25) is 4.90 Å². The Kier molecular flexibility index (Phi) is 4.13. The summed E-state index contributed by atoms with van der Waals surface area (Å²) in [6.45, 7) is 5.53. The molecule has 24 heavy (non-hydrogen) atoms. The van der Waals surface area contributed by atoms with E-state index in [9.17, 15) is 18.3 Å². The zero-order valence-electron chi connectivity index (χ0n) is 13.5. The molecule has 0 amide bonds. The summed E-state index contributed by atoms with van der Waals surface area (Å²) in [5, 5.41) is 18.9. The zero-order valence-corrected chi connectivity index (χ0v) is 13.5. The standard InChI is InChI=1S/C16H19F3N4O/c1-11-20-21-14-9-22(6-7-23(11)14)10-15(2,24)12-4-3-5-13(8-12)16(17,18)19/h3-5,8,24H,6-7,9-10H2,1-2H3/t15-/m1/s1. The first-order chi connectivity index (χ1) is 11.2. The van der Waals surface area contributed by atoms with Crippen molar-refractivity contribution < 1.29 is 18.3 Å². The average Bonchev–Trinajstić information content (AvgIpc) is 2.87. The molecule has 0 fully saturated rings. The monoisotopic (exact) mass is 340 g/mol. The van der Waals surface area contributed by atoms with Gasteiger partial charge < -0.3 is 9.67 Å². The van der Waals surface area contributed by atoms with Crippen molar-refractivity contribution >= 4 is 0 Å². The van der Waals surface area contributed by atoms with Gasteiger partial charge >= 0.3 is 6.18 Å². The molecule has 0 aliphatic carbocycles. The van der Waals surface area contributed by atoms with Gasteiger partial charge in [0, 0.05) is 19.6 Å². The van der Waals surface area contributed by atoms with Crippen LogP contribution in [0.3, 0.4) is 0 Å². The summed E-state index contributed by atoms with van der Waals surface area (Å²) in [6.07, 6.45) is -4.43. The number of aromatic nitrogens is 3. The maximum Gasteiger partial charge on any atom is 0.416 e. The Bertz CT molecular complexity index is 739. The summed E-state index contributed by atoms with van der Waals surface area (Å²) >= 11 is 0. The van der Waals surface area contributed by atoms with Gasteiger partial charge in [0.15, 0.2) is 0 Å². The first-order valence-electron chi connectivity index (χ1n) is 7.68. The summed E-state index contributed by atoms with van der Waals surface area (Å²) in [5.74, 6) is 1.65. The van der Waals surface area contributed by atoms with Gasteiger partial charge in [0.2, 0.25) is 0 Å². The van der Waals surface area contributed by atoms with Gasteiger partial charge in [0.05, 0.1) is 17.7 Å². The highest BCUT2D eigenvalue weighted by Crippen LogP contribution is 2.32. The van der Waals surface area contributed by atoms with E-state index in [4.69, 9.17) is 0 Å². The number of aliphatic hydroxyl groups is 1. The van der Waals surface area contributed by atoms with Crippen molar-refractivity contribution in [3.05, 3.63) is 47.0 Å². The van der Waals surface area contributed by atoms with Gasteiger partial charge in [-0.25, -0.2) is 0 Å². The molecular weight excluding hydrogens is 321 g/mol. The van der Waals surface area contributed by atoms with Crippen molar-refractivity contribution in [2.24, 2.45) is 0 Å². The molecule has 1 aromatic heterocycles. The number of benzene rings is 1. The second-order valence-corrected chi connectivity index (χ2v) is 6.38. The SMILES string of the molecule is Cc1nnc2n1CCN(C[C@@](C)(O)c1cccc(C(F)(F)F)c1)C2. The molecule has 0 radical (unpaired) electrons. The summed E-state index contributed by atoms with van der Waals surface area (Å²) in [5.41, 5.74) is -1.90. The summed E-state index contributed by atoms with van der Waals surface area (Å²) < 4.78 is 40.6. The van der Waals surface area contributed by atoms with Gasteiger partial charge in [-0.1, -0.05) is 12.1 Å². The van der Waals surface area contributed by atoms with Gasteiger partial charge in [-0.05, 0) is 31.5 Å². The van der Waals surface area contributed by atoms with Crippen molar-refractivity contribution in [2.75, 3.05) is 13.1 Å². The van der Waals surface area contributed by atoms with Gasteiger partial charge in [0.1, 0.15) is 11.6 Å². The van der Waals surface area contributed by atoms with Crippen molar-refractivity contribution in [1.29, 1.82) is 0 Å².